The van der Waals surface area contributed by atoms with Gasteiger partial charge >= 0.3 is 0 Å². The zero-order chi connectivity index (χ0) is 12.7. The number of likely N-dealkylation sites (N-methyl/N-ethyl adjacent to an activating group) is 1. The molecule has 3 heteroatoms. The van der Waals surface area contributed by atoms with Gasteiger partial charge in [0, 0.05) is 42.3 Å². The molecule has 2 heterocycles. The van der Waals surface area contributed by atoms with Crippen molar-refractivity contribution in [2.75, 3.05) is 26.7 Å². The molecule has 0 radical (unpaired) electrons. The Hall–Kier alpha value is -1.32. The number of aryl methyl sites for hydroxylation is 2. The average Bonchev–Trinajstić information content (AvgIpc) is 2.68. The number of nitrogens with one attached hydrogen (secondary N) is 2. The number of nitrogens with zero attached hydrogens (tertiary/aromatic N) is 1. The molecule has 1 aliphatic rings. The average molecular weight is 243 g/mol. The van der Waals surface area contributed by atoms with E-state index in [-0.39, 0.29) is 0 Å². The molecular formula is C15H21N3. The molecule has 0 saturated carbocycles. The minimum atomic E-state index is 0.481. The fourth-order valence-corrected chi connectivity index (χ4v) is 3.07. The van der Waals surface area contributed by atoms with Gasteiger partial charge in [0.15, 0.2) is 0 Å². The van der Waals surface area contributed by atoms with E-state index in [0.717, 1.165) is 19.6 Å². The maximum atomic E-state index is 3.56. The van der Waals surface area contributed by atoms with Gasteiger partial charge in [-0.05, 0) is 32.0 Å². The van der Waals surface area contributed by atoms with Crippen LogP contribution in [0.3, 0.4) is 0 Å². The number of para-hydroxylation sites is 1. The van der Waals surface area contributed by atoms with Crippen molar-refractivity contribution < 1.29 is 0 Å². The van der Waals surface area contributed by atoms with Gasteiger partial charge in [0.05, 0.1) is 0 Å². The topological polar surface area (TPSA) is 31.1 Å². The predicted octanol–water partition coefficient (Wildman–Crippen LogP) is 2.36. The highest BCUT2D eigenvalue weighted by molar-refractivity contribution is 5.87. The summed E-state index contributed by atoms with van der Waals surface area (Å²) in [7, 11) is 2.22. The zero-order valence-corrected chi connectivity index (χ0v) is 11.4. The first-order valence-electron chi connectivity index (χ1n) is 6.67. The first kappa shape index (κ1) is 11.8. The fourth-order valence-electron chi connectivity index (χ4n) is 3.07. The summed E-state index contributed by atoms with van der Waals surface area (Å²) in [6.07, 6.45) is 0. The van der Waals surface area contributed by atoms with E-state index in [9.17, 15) is 0 Å². The van der Waals surface area contributed by atoms with Crippen molar-refractivity contribution in [1.82, 2.24) is 15.2 Å². The monoisotopic (exact) mass is 243 g/mol. The summed E-state index contributed by atoms with van der Waals surface area (Å²) < 4.78 is 0. The molecule has 1 aromatic carbocycles. The second-order valence-corrected chi connectivity index (χ2v) is 5.36. The maximum absolute atomic E-state index is 3.56. The third kappa shape index (κ3) is 1.74. The highest BCUT2D eigenvalue weighted by atomic mass is 15.2. The van der Waals surface area contributed by atoms with E-state index in [2.05, 4.69) is 54.3 Å². The Morgan fingerprint density at radius 3 is 2.89 bits per heavy atom. The van der Waals surface area contributed by atoms with Crippen LogP contribution in [0.1, 0.15) is 22.9 Å². The minimum absolute atomic E-state index is 0.481. The molecule has 1 saturated heterocycles. The van der Waals surface area contributed by atoms with Gasteiger partial charge in [0.25, 0.3) is 0 Å². The molecule has 3 nitrogen and oxygen atoms in total. The molecule has 0 aliphatic carbocycles. The number of hydrogen-bond acceptors (Lipinski definition) is 2. The molecule has 1 aromatic heterocycles. The Morgan fingerprint density at radius 2 is 2.11 bits per heavy atom. The number of aromatic amines is 1. The second-order valence-electron chi connectivity index (χ2n) is 5.36. The molecular weight excluding hydrogens is 222 g/mol. The van der Waals surface area contributed by atoms with Crippen LogP contribution in [0.4, 0.5) is 0 Å². The molecule has 3 rings (SSSR count). The van der Waals surface area contributed by atoms with Crippen LogP contribution in [-0.2, 0) is 0 Å². The van der Waals surface area contributed by atoms with Crippen molar-refractivity contribution in [3.05, 3.63) is 35.0 Å². The maximum Gasteiger partial charge on any atom is 0.0494 e. The summed E-state index contributed by atoms with van der Waals surface area (Å²) in [4.78, 5) is 6.01. The number of rotatable bonds is 1. The van der Waals surface area contributed by atoms with E-state index in [1.54, 1.807) is 0 Å². The summed E-state index contributed by atoms with van der Waals surface area (Å²) in [6.45, 7) is 7.61. The van der Waals surface area contributed by atoms with Crippen LogP contribution < -0.4 is 5.32 Å². The molecule has 0 amide bonds. The lowest BCUT2D eigenvalue weighted by atomic mass is 9.99. The largest absolute Gasteiger partial charge is 0.358 e. The smallest absolute Gasteiger partial charge is 0.0494 e. The van der Waals surface area contributed by atoms with E-state index < -0.39 is 0 Å². The van der Waals surface area contributed by atoms with Crippen molar-refractivity contribution >= 4 is 10.9 Å². The van der Waals surface area contributed by atoms with Gasteiger partial charge in [-0.3, -0.25) is 4.90 Å². The van der Waals surface area contributed by atoms with Crippen LogP contribution in [-0.4, -0.2) is 36.6 Å². The third-order valence-corrected chi connectivity index (χ3v) is 4.12. The third-order valence-electron chi connectivity index (χ3n) is 4.12. The van der Waals surface area contributed by atoms with Crippen LogP contribution in [0.15, 0.2) is 18.2 Å². The van der Waals surface area contributed by atoms with Gasteiger partial charge in [-0.2, -0.15) is 0 Å². The first-order valence-corrected chi connectivity index (χ1v) is 6.67. The number of piperazine rings is 1. The Bertz CT molecular complexity index is 570. The molecule has 1 fully saturated rings. The van der Waals surface area contributed by atoms with Gasteiger partial charge in [-0.1, -0.05) is 18.2 Å². The lowest BCUT2D eigenvalue weighted by molar-refractivity contribution is 0.203. The molecule has 18 heavy (non-hydrogen) atoms. The standard InChI is InChI=1S/C15H21N3/c1-10-5-4-6-12-14(11(2)17-15(10)12)13-9-16-7-8-18(13)3/h4-6,13,16-17H,7-9H2,1-3H3. The van der Waals surface area contributed by atoms with Crippen molar-refractivity contribution in [1.29, 1.82) is 0 Å². The lowest BCUT2D eigenvalue weighted by Crippen LogP contribution is -2.43. The normalized spacial score (nSPS) is 21.6. The van der Waals surface area contributed by atoms with Crippen molar-refractivity contribution in [2.45, 2.75) is 19.9 Å². The number of hydrogen-bond donors (Lipinski definition) is 2. The van der Waals surface area contributed by atoms with Crippen molar-refractivity contribution in [2.24, 2.45) is 0 Å². The molecule has 0 spiro atoms. The zero-order valence-electron chi connectivity index (χ0n) is 11.4. The van der Waals surface area contributed by atoms with E-state index in [0.29, 0.717) is 6.04 Å². The number of benzene rings is 1. The van der Waals surface area contributed by atoms with Crippen LogP contribution in [0.2, 0.25) is 0 Å². The molecule has 1 unspecified atom stereocenters. The minimum Gasteiger partial charge on any atom is -0.358 e. The van der Waals surface area contributed by atoms with E-state index in [1.165, 1.54) is 27.7 Å². The Kier molecular flexibility index (Phi) is 2.88. The molecule has 1 aliphatic heterocycles. The quantitative estimate of drug-likeness (QED) is 0.805. The van der Waals surface area contributed by atoms with Crippen molar-refractivity contribution in [3.63, 3.8) is 0 Å². The van der Waals surface area contributed by atoms with Gasteiger partial charge in [0.1, 0.15) is 0 Å². The molecule has 96 valence electrons. The van der Waals surface area contributed by atoms with Gasteiger partial charge in [-0.15, -0.1) is 0 Å². The van der Waals surface area contributed by atoms with E-state index in [1.807, 2.05) is 0 Å². The molecule has 2 N–H and O–H groups in total. The van der Waals surface area contributed by atoms with E-state index in [4.69, 9.17) is 0 Å². The Balaban J connectivity index is 2.16. The van der Waals surface area contributed by atoms with E-state index >= 15 is 0 Å². The molecule has 0 bridgehead atoms. The van der Waals surface area contributed by atoms with Gasteiger partial charge < -0.3 is 10.3 Å². The second kappa shape index (κ2) is 4.41. The Morgan fingerprint density at radius 1 is 1.28 bits per heavy atom. The molecule has 2 aromatic rings. The summed E-state index contributed by atoms with van der Waals surface area (Å²) >= 11 is 0. The van der Waals surface area contributed by atoms with Crippen molar-refractivity contribution in [3.8, 4) is 0 Å². The lowest BCUT2D eigenvalue weighted by Gasteiger charge is -2.33. The van der Waals surface area contributed by atoms with Gasteiger partial charge in [-0.25, -0.2) is 0 Å². The SMILES string of the molecule is Cc1[nH]c2c(C)cccc2c1C1CNCCN1C. The molecule has 1 atom stereocenters. The summed E-state index contributed by atoms with van der Waals surface area (Å²) in [5.41, 5.74) is 5.39. The van der Waals surface area contributed by atoms with Crippen LogP contribution >= 0.6 is 0 Å². The highest BCUT2D eigenvalue weighted by Gasteiger charge is 2.25. The first-order chi connectivity index (χ1) is 8.68. The van der Waals surface area contributed by atoms with Crippen LogP contribution in [0.25, 0.3) is 10.9 Å². The summed E-state index contributed by atoms with van der Waals surface area (Å²) in [5.74, 6) is 0. The summed E-state index contributed by atoms with van der Waals surface area (Å²) in [6, 6.07) is 7.05. The Labute approximate surface area is 108 Å². The van der Waals surface area contributed by atoms with Gasteiger partial charge in [0.2, 0.25) is 0 Å². The number of aromatic nitrogens is 1. The summed E-state index contributed by atoms with van der Waals surface area (Å²) in [5, 5.41) is 4.89. The number of H-pyrrole nitrogens is 1. The highest BCUT2D eigenvalue weighted by Crippen LogP contribution is 2.32. The fraction of sp³-hybridized carbons (Fsp3) is 0.467. The predicted molar refractivity (Wildman–Crippen MR) is 76.0 cm³/mol. The van der Waals surface area contributed by atoms with Crippen LogP contribution in [0.5, 0.6) is 0 Å². The van der Waals surface area contributed by atoms with Crippen LogP contribution in [0, 0.1) is 13.8 Å². The number of fused-ring (bicyclic) bond motifs is 1.